The van der Waals surface area contributed by atoms with Crippen LogP contribution in [0.25, 0.3) is 0 Å². The average Bonchev–Trinajstić information content (AvgIpc) is 2.90. The summed E-state index contributed by atoms with van der Waals surface area (Å²) in [4.78, 5) is 28.0. The third-order valence-corrected chi connectivity index (χ3v) is 4.37. The van der Waals surface area contributed by atoms with Crippen LogP contribution in [0.4, 0.5) is 16.2 Å². The van der Waals surface area contributed by atoms with Crippen LogP contribution in [0.5, 0.6) is 0 Å². The molecule has 2 N–H and O–H groups in total. The molecule has 0 radical (unpaired) electrons. The topological polar surface area (TPSA) is 64.7 Å². The molecule has 2 rings (SSSR count). The van der Waals surface area contributed by atoms with E-state index in [0.29, 0.717) is 13.0 Å². The van der Waals surface area contributed by atoms with Gasteiger partial charge in [-0.25, -0.2) is 4.79 Å². The first-order valence-corrected chi connectivity index (χ1v) is 8.66. The van der Waals surface area contributed by atoms with Crippen LogP contribution in [0.1, 0.15) is 34.1 Å². The molecule has 6 heteroatoms. The second kappa shape index (κ2) is 8.04. The van der Waals surface area contributed by atoms with Gasteiger partial charge in [0.05, 0.1) is 6.04 Å². The summed E-state index contributed by atoms with van der Waals surface area (Å²) in [6.45, 7) is 10.7. The number of anilines is 2. The Morgan fingerprint density at radius 2 is 1.88 bits per heavy atom. The van der Waals surface area contributed by atoms with Crippen molar-refractivity contribution in [2.45, 2.75) is 46.2 Å². The highest BCUT2D eigenvalue weighted by atomic mass is 16.2. The number of hydrogen-bond acceptors (Lipinski definition) is 3. The van der Waals surface area contributed by atoms with Gasteiger partial charge in [-0.05, 0) is 52.0 Å². The molecule has 0 aromatic heterocycles. The monoisotopic (exact) mass is 332 g/mol. The summed E-state index contributed by atoms with van der Waals surface area (Å²) in [5.74, 6) is 0.0962. The van der Waals surface area contributed by atoms with E-state index < -0.39 is 0 Å². The fourth-order valence-corrected chi connectivity index (χ4v) is 3.02. The molecule has 6 nitrogen and oxygen atoms in total. The van der Waals surface area contributed by atoms with Crippen LogP contribution in [-0.2, 0) is 4.79 Å². The van der Waals surface area contributed by atoms with Gasteiger partial charge in [-0.2, -0.15) is 0 Å². The van der Waals surface area contributed by atoms with Gasteiger partial charge in [0, 0.05) is 43.5 Å². The van der Waals surface area contributed by atoms with Gasteiger partial charge in [0.25, 0.3) is 0 Å². The summed E-state index contributed by atoms with van der Waals surface area (Å²) in [6, 6.07) is 7.56. The average molecular weight is 332 g/mol. The molecule has 0 saturated carbocycles. The van der Waals surface area contributed by atoms with Gasteiger partial charge in [0.15, 0.2) is 0 Å². The van der Waals surface area contributed by atoms with Crippen molar-refractivity contribution in [3.63, 3.8) is 0 Å². The minimum atomic E-state index is -0.269. The highest BCUT2D eigenvalue weighted by Gasteiger charge is 2.31. The van der Waals surface area contributed by atoms with Gasteiger partial charge in [0.2, 0.25) is 5.91 Å². The van der Waals surface area contributed by atoms with Gasteiger partial charge in [-0.15, -0.1) is 0 Å². The SMILES string of the molecule is CCN(CC)c1ccc(NC(=O)NC2CC(=O)N(C(C)C)C2)cc1. The lowest BCUT2D eigenvalue weighted by molar-refractivity contribution is -0.129. The van der Waals surface area contributed by atoms with E-state index >= 15 is 0 Å². The number of nitrogens with one attached hydrogen (secondary N) is 2. The minimum absolute atomic E-state index is 0.0962. The molecule has 3 amide bonds. The van der Waals surface area contributed by atoms with E-state index in [-0.39, 0.29) is 24.0 Å². The van der Waals surface area contributed by atoms with Crippen molar-refractivity contribution < 1.29 is 9.59 Å². The van der Waals surface area contributed by atoms with Crippen molar-refractivity contribution in [2.24, 2.45) is 0 Å². The summed E-state index contributed by atoms with van der Waals surface area (Å²) in [7, 11) is 0. The Morgan fingerprint density at radius 3 is 2.38 bits per heavy atom. The fourth-order valence-electron chi connectivity index (χ4n) is 3.02. The first-order valence-electron chi connectivity index (χ1n) is 8.66. The molecule has 132 valence electrons. The predicted octanol–water partition coefficient (Wildman–Crippen LogP) is 2.66. The molecule has 1 aliphatic heterocycles. The van der Waals surface area contributed by atoms with E-state index in [0.717, 1.165) is 24.5 Å². The number of benzene rings is 1. The van der Waals surface area contributed by atoms with Gasteiger partial charge in [0.1, 0.15) is 0 Å². The van der Waals surface area contributed by atoms with Crippen molar-refractivity contribution in [3.05, 3.63) is 24.3 Å². The third-order valence-electron chi connectivity index (χ3n) is 4.37. The van der Waals surface area contributed by atoms with Gasteiger partial charge in [-0.3, -0.25) is 4.79 Å². The summed E-state index contributed by atoms with van der Waals surface area (Å²) >= 11 is 0. The summed E-state index contributed by atoms with van der Waals surface area (Å²) in [6.07, 6.45) is 0.368. The highest BCUT2D eigenvalue weighted by Crippen LogP contribution is 2.18. The number of likely N-dealkylation sites (tertiary alicyclic amines) is 1. The van der Waals surface area contributed by atoms with Gasteiger partial charge in [-0.1, -0.05) is 0 Å². The van der Waals surface area contributed by atoms with Crippen LogP contribution in [-0.4, -0.2) is 48.6 Å². The Kier molecular flexibility index (Phi) is 6.06. The lowest BCUT2D eigenvalue weighted by Crippen LogP contribution is -2.40. The predicted molar refractivity (Wildman–Crippen MR) is 97.4 cm³/mol. The lowest BCUT2D eigenvalue weighted by Gasteiger charge is -2.22. The quantitative estimate of drug-likeness (QED) is 0.842. The van der Waals surface area contributed by atoms with Gasteiger partial charge < -0.3 is 20.4 Å². The van der Waals surface area contributed by atoms with Crippen LogP contribution in [0.2, 0.25) is 0 Å². The first kappa shape index (κ1) is 18.1. The smallest absolute Gasteiger partial charge is 0.319 e. The largest absolute Gasteiger partial charge is 0.372 e. The van der Waals surface area contributed by atoms with E-state index in [9.17, 15) is 9.59 Å². The van der Waals surface area contributed by atoms with E-state index in [2.05, 4.69) is 29.4 Å². The maximum absolute atomic E-state index is 12.1. The number of carbonyl (C=O) groups is 2. The molecule has 24 heavy (non-hydrogen) atoms. The van der Waals surface area contributed by atoms with E-state index in [1.165, 1.54) is 0 Å². The molecular weight excluding hydrogens is 304 g/mol. The standard InChI is InChI=1S/C18H28N4O2/c1-5-21(6-2)16-9-7-14(8-10-16)19-18(24)20-15-11-17(23)22(12-15)13(3)4/h7-10,13,15H,5-6,11-12H2,1-4H3,(H2,19,20,24). The molecule has 1 aliphatic rings. The fraction of sp³-hybridized carbons (Fsp3) is 0.556. The van der Waals surface area contributed by atoms with Gasteiger partial charge >= 0.3 is 6.03 Å². The Morgan fingerprint density at radius 1 is 1.25 bits per heavy atom. The van der Waals surface area contributed by atoms with Crippen LogP contribution in [0, 0.1) is 0 Å². The zero-order valence-corrected chi connectivity index (χ0v) is 15.0. The number of nitrogens with zero attached hydrogens (tertiary/aromatic N) is 2. The summed E-state index contributed by atoms with van der Waals surface area (Å²) in [5, 5.41) is 5.71. The number of urea groups is 1. The van der Waals surface area contributed by atoms with Crippen molar-refractivity contribution in [1.82, 2.24) is 10.2 Å². The Hall–Kier alpha value is -2.24. The molecule has 1 saturated heterocycles. The van der Waals surface area contributed by atoms with Crippen LogP contribution in [0.15, 0.2) is 24.3 Å². The molecule has 0 bridgehead atoms. The molecule has 1 atom stereocenters. The second-order valence-electron chi connectivity index (χ2n) is 6.36. The van der Waals surface area contributed by atoms with E-state index in [1.54, 1.807) is 4.90 Å². The molecule has 1 heterocycles. The zero-order valence-electron chi connectivity index (χ0n) is 15.0. The van der Waals surface area contributed by atoms with Crippen LogP contribution >= 0.6 is 0 Å². The highest BCUT2D eigenvalue weighted by molar-refractivity contribution is 5.90. The van der Waals surface area contributed by atoms with Crippen LogP contribution in [0.3, 0.4) is 0 Å². The number of hydrogen-bond donors (Lipinski definition) is 2. The molecule has 0 spiro atoms. The lowest BCUT2D eigenvalue weighted by atomic mass is 10.2. The van der Waals surface area contributed by atoms with Crippen molar-refractivity contribution >= 4 is 23.3 Å². The number of amides is 3. The third kappa shape index (κ3) is 4.40. The summed E-state index contributed by atoms with van der Waals surface area (Å²) < 4.78 is 0. The molecule has 1 fully saturated rings. The molecular formula is C18H28N4O2. The van der Waals surface area contributed by atoms with E-state index in [1.807, 2.05) is 38.1 Å². The number of carbonyl (C=O) groups excluding carboxylic acids is 2. The second-order valence-corrected chi connectivity index (χ2v) is 6.36. The Labute approximate surface area is 144 Å². The Balaban J connectivity index is 1.88. The zero-order chi connectivity index (χ0) is 17.7. The van der Waals surface area contributed by atoms with Crippen molar-refractivity contribution in [2.75, 3.05) is 29.9 Å². The maximum atomic E-state index is 12.1. The maximum Gasteiger partial charge on any atom is 0.319 e. The molecule has 0 aliphatic carbocycles. The molecule has 1 aromatic carbocycles. The molecule has 1 aromatic rings. The first-order chi connectivity index (χ1) is 11.4. The normalized spacial score (nSPS) is 17.3. The van der Waals surface area contributed by atoms with Crippen molar-refractivity contribution in [1.29, 1.82) is 0 Å². The van der Waals surface area contributed by atoms with E-state index in [4.69, 9.17) is 0 Å². The van der Waals surface area contributed by atoms with Crippen molar-refractivity contribution in [3.8, 4) is 0 Å². The Bertz CT molecular complexity index is 567. The number of rotatable bonds is 6. The summed E-state index contributed by atoms with van der Waals surface area (Å²) in [5.41, 5.74) is 1.88. The van der Waals surface area contributed by atoms with Crippen LogP contribution < -0.4 is 15.5 Å². The molecule has 1 unspecified atom stereocenters. The minimum Gasteiger partial charge on any atom is -0.372 e.